The summed E-state index contributed by atoms with van der Waals surface area (Å²) in [7, 11) is 0. The van der Waals surface area contributed by atoms with Gasteiger partial charge in [0.15, 0.2) is 0 Å². The lowest BCUT2D eigenvalue weighted by molar-refractivity contribution is -0.0671. The highest BCUT2D eigenvalue weighted by Crippen LogP contribution is 2.11. The number of esters is 1. The van der Waals surface area contributed by atoms with Crippen molar-refractivity contribution in [2.45, 2.75) is 19.4 Å². The van der Waals surface area contributed by atoms with Gasteiger partial charge in [0.05, 0.1) is 29.9 Å². The zero-order valence-corrected chi connectivity index (χ0v) is 11.5. The minimum atomic E-state index is -1.18. The van der Waals surface area contributed by atoms with Gasteiger partial charge in [-0.3, -0.25) is 0 Å². The van der Waals surface area contributed by atoms with Crippen LogP contribution >= 0.6 is 0 Å². The average Bonchev–Trinajstić information content (AvgIpc) is 2.43. The van der Waals surface area contributed by atoms with Crippen LogP contribution in [0.1, 0.15) is 34.6 Å². The van der Waals surface area contributed by atoms with Crippen LogP contribution in [-0.4, -0.2) is 47.6 Å². The quantitative estimate of drug-likeness (QED) is 0.579. The van der Waals surface area contributed by atoms with Crippen molar-refractivity contribution in [3.8, 4) is 0 Å². The molecule has 0 saturated heterocycles. The number of rotatable bonds is 7. The Bertz CT molecular complexity index is 480. The van der Waals surface area contributed by atoms with Gasteiger partial charge in [0, 0.05) is 0 Å². The molecule has 6 heteroatoms. The molecule has 0 aliphatic heterocycles. The molecule has 0 unspecified atom stereocenters. The van der Waals surface area contributed by atoms with E-state index in [1.165, 1.54) is 18.2 Å². The smallest absolute Gasteiger partial charge is 0.339 e. The summed E-state index contributed by atoms with van der Waals surface area (Å²) in [5.74, 6) is -1.90. The average molecular weight is 282 g/mol. The number of aliphatic hydroxyl groups excluding tert-OH is 1. The van der Waals surface area contributed by atoms with Gasteiger partial charge in [-0.25, -0.2) is 9.59 Å². The molecule has 110 valence electrons. The second-order valence-corrected chi connectivity index (χ2v) is 4.75. The number of carboxylic acids is 1. The SMILES string of the molecule is CC(C)(CO)OCCOC(=O)c1ccccc1C(=O)O. The third-order valence-corrected chi connectivity index (χ3v) is 2.57. The Morgan fingerprint density at radius 2 is 1.75 bits per heavy atom. The number of carboxylic acid groups (broad SMARTS) is 1. The van der Waals surface area contributed by atoms with Crippen molar-refractivity contribution in [1.29, 1.82) is 0 Å². The molecule has 1 aromatic carbocycles. The van der Waals surface area contributed by atoms with Crippen molar-refractivity contribution in [3.63, 3.8) is 0 Å². The molecule has 0 aliphatic rings. The molecule has 2 N–H and O–H groups in total. The zero-order chi connectivity index (χ0) is 15.2. The molecule has 1 aromatic rings. The number of hydrogen-bond acceptors (Lipinski definition) is 5. The highest BCUT2D eigenvalue weighted by molar-refractivity contribution is 6.02. The van der Waals surface area contributed by atoms with Gasteiger partial charge in [-0.2, -0.15) is 0 Å². The van der Waals surface area contributed by atoms with Crippen LogP contribution in [0.5, 0.6) is 0 Å². The largest absolute Gasteiger partial charge is 0.478 e. The van der Waals surface area contributed by atoms with Crippen molar-refractivity contribution in [1.82, 2.24) is 0 Å². The van der Waals surface area contributed by atoms with E-state index in [0.717, 1.165) is 0 Å². The lowest BCUT2D eigenvalue weighted by Gasteiger charge is -2.22. The summed E-state index contributed by atoms with van der Waals surface area (Å²) in [4.78, 5) is 22.7. The Morgan fingerprint density at radius 1 is 1.15 bits per heavy atom. The molecule has 0 heterocycles. The number of benzene rings is 1. The maximum absolute atomic E-state index is 11.8. The van der Waals surface area contributed by atoms with Gasteiger partial charge in [-0.1, -0.05) is 12.1 Å². The van der Waals surface area contributed by atoms with Crippen LogP contribution in [0.25, 0.3) is 0 Å². The van der Waals surface area contributed by atoms with Gasteiger partial charge in [0.25, 0.3) is 0 Å². The maximum Gasteiger partial charge on any atom is 0.339 e. The fraction of sp³-hybridized carbons (Fsp3) is 0.429. The topological polar surface area (TPSA) is 93.1 Å². The van der Waals surface area contributed by atoms with Crippen molar-refractivity contribution in [2.24, 2.45) is 0 Å². The summed E-state index contributed by atoms with van der Waals surface area (Å²) in [6.45, 7) is 3.36. The summed E-state index contributed by atoms with van der Waals surface area (Å²) < 4.78 is 10.2. The summed E-state index contributed by atoms with van der Waals surface area (Å²) in [5, 5.41) is 17.9. The van der Waals surface area contributed by atoms with Crippen molar-refractivity contribution < 1.29 is 29.3 Å². The van der Waals surface area contributed by atoms with E-state index >= 15 is 0 Å². The van der Waals surface area contributed by atoms with Crippen LogP contribution in [0.4, 0.5) is 0 Å². The van der Waals surface area contributed by atoms with E-state index < -0.39 is 17.5 Å². The van der Waals surface area contributed by atoms with Crippen LogP contribution < -0.4 is 0 Å². The van der Waals surface area contributed by atoms with E-state index in [1.807, 2.05) is 0 Å². The molecule has 20 heavy (non-hydrogen) atoms. The molecular weight excluding hydrogens is 264 g/mol. The number of carbonyl (C=O) groups excluding carboxylic acids is 1. The Morgan fingerprint density at radius 3 is 2.30 bits per heavy atom. The second kappa shape index (κ2) is 7.02. The van der Waals surface area contributed by atoms with Crippen LogP contribution in [0.3, 0.4) is 0 Å². The summed E-state index contributed by atoms with van der Waals surface area (Å²) in [6.07, 6.45) is 0. The normalized spacial score (nSPS) is 11.2. The molecular formula is C14H18O6. The van der Waals surface area contributed by atoms with E-state index in [9.17, 15) is 9.59 Å². The van der Waals surface area contributed by atoms with Gasteiger partial charge < -0.3 is 19.7 Å². The van der Waals surface area contributed by atoms with Crippen LogP contribution in [-0.2, 0) is 9.47 Å². The molecule has 0 radical (unpaired) electrons. The third kappa shape index (κ3) is 4.64. The Labute approximate surface area is 116 Å². The van der Waals surface area contributed by atoms with Gasteiger partial charge in [-0.05, 0) is 26.0 Å². The van der Waals surface area contributed by atoms with Gasteiger partial charge in [-0.15, -0.1) is 0 Å². The fourth-order valence-corrected chi connectivity index (χ4v) is 1.42. The van der Waals surface area contributed by atoms with Crippen molar-refractivity contribution in [2.75, 3.05) is 19.8 Å². The van der Waals surface area contributed by atoms with Crippen molar-refractivity contribution >= 4 is 11.9 Å². The van der Waals surface area contributed by atoms with E-state index in [4.69, 9.17) is 19.7 Å². The first-order valence-electron chi connectivity index (χ1n) is 6.11. The lowest BCUT2D eigenvalue weighted by Crippen LogP contribution is -2.30. The Balaban J connectivity index is 2.54. The molecule has 0 fully saturated rings. The summed E-state index contributed by atoms with van der Waals surface area (Å²) in [6, 6.07) is 5.83. The highest BCUT2D eigenvalue weighted by atomic mass is 16.6. The number of hydrogen-bond donors (Lipinski definition) is 2. The molecule has 6 nitrogen and oxygen atoms in total. The van der Waals surface area contributed by atoms with E-state index in [0.29, 0.717) is 0 Å². The molecule has 0 atom stereocenters. The minimum absolute atomic E-state index is 0.00131. The van der Waals surface area contributed by atoms with E-state index in [2.05, 4.69) is 0 Å². The highest BCUT2D eigenvalue weighted by Gasteiger charge is 2.19. The number of aliphatic hydroxyl groups is 1. The summed E-state index contributed by atoms with van der Waals surface area (Å²) >= 11 is 0. The van der Waals surface area contributed by atoms with Crippen molar-refractivity contribution in [3.05, 3.63) is 35.4 Å². The van der Waals surface area contributed by atoms with E-state index in [1.54, 1.807) is 19.9 Å². The van der Waals surface area contributed by atoms with Gasteiger partial charge >= 0.3 is 11.9 Å². The van der Waals surface area contributed by atoms with Gasteiger partial charge in [0.2, 0.25) is 0 Å². The monoisotopic (exact) mass is 282 g/mol. The molecule has 0 aliphatic carbocycles. The Hall–Kier alpha value is -1.92. The molecule has 0 saturated carbocycles. The third-order valence-electron chi connectivity index (χ3n) is 2.57. The number of aromatic carboxylic acids is 1. The molecule has 0 aromatic heterocycles. The molecule has 0 bridgehead atoms. The molecule has 0 spiro atoms. The van der Waals surface area contributed by atoms with E-state index in [-0.39, 0.29) is 30.9 Å². The first-order valence-corrected chi connectivity index (χ1v) is 6.11. The minimum Gasteiger partial charge on any atom is -0.478 e. The Kier molecular flexibility index (Phi) is 5.66. The number of carbonyl (C=O) groups is 2. The first-order chi connectivity index (χ1) is 9.37. The van der Waals surface area contributed by atoms with Crippen LogP contribution in [0.2, 0.25) is 0 Å². The fourth-order valence-electron chi connectivity index (χ4n) is 1.42. The standard InChI is InChI=1S/C14H18O6/c1-14(2,9-15)20-8-7-19-13(18)11-6-4-3-5-10(11)12(16)17/h3-6,15H,7-9H2,1-2H3,(H,16,17). The lowest BCUT2D eigenvalue weighted by atomic mass is 10.1. The van der Waals surface area contributed by atoms with Gasteiger partial charge in [0.1, 0.15) is 6.61 Å². The molecule has 0 amide bonds. The number of ether oxygens (including phenoxy) is 2. The molecule has 1 rings (SSSR count). The summed E-state index contributed by atoms with van der Waals surface area (Å²) in [5.41, 5.74) is -0.804. The first kappa shape index (κ1) is 16.1. The maximum atomic E-state index is 11.8. The second-order valence-electron chi connectivity index (χ2n) is 4.75. The predicted molar refractivity (Wildman–Crippen MR) is 70.8 cm³/mol. The van der Waals surface area contributed by atoms with Crippen LogP contribution in [0.15, 0.2) is 24.3 Å². The zero-order valence-electron chi connectivity index (χ0n) is 11.5. The predicted octanol–water partition coefficient (Wildman–Crippen LogP) is 1.33. The van der Waals surface area contributed by atoms with Crippen LogP contribution in [0, 0.1) is 0 Å².